The summed E-state index contributed by atoms with van der Waals surface area (Å²) in [4.78, 5) is 0. The van der Waals surface area contributed by atoms with E-state index in [2.05, 4.69) is 12.2 Å². The van der Waals surface area contributed by atoms with Crippen molar-refractivity contribution in [2.75, 3.05) is 19.7 Å². The molecule has 15 heavy (non-hydrogen) atoms. The Balaban J connectivity index is 1.97. The molecule has 0 amide bonds. The molecule has 1 unspecified atom stereocenters. The largest absolute Gasteiger partial charge is 0.396 e. The average molecular weight is 215 g/mol. The van der Waals surface area contributed by atoms with Gasteiger partial charge in [-0.15, -0.1) is 0 Å². The van der Waals surface area contributed by atoms with Crippen LogP contribution in [0, 0.1) is 5.92 Å². The van der Waals surface area contributed by atoms with Crippen LogP contribution >= 0.6 is 0 Å². The van der Waals surface area contributed by atoms with Gasteiger partial charge in [0.05, 0.1) is 5.60 Å². The van der Waals surface area contributed by atoms with E-state index in [1.165, 1.54) is 12.8 Å². The van der Waals surface area contributed by atoms with Gasteiger partial charge in [-0.25, -0.2) is 0 Å². The standard InChI is InChI=1S/C12H25NO2/c1-11(9-14)5-4-8-13-10-12(15)6-2-3-7-12/h11,13-15H,2-10H2,1H3. The minimum Gasteiger partial charge on any atom is -0.396 e. The number of hydrogen-bond acceptors (Lipinski definition) is 3. The van der Waals surface area contributed by atoms with Gasteiger partial charge in [0.25, 0.3) is 0 Å². The number of rotatable bonds is 7. The highest BCUT2D eigenvalue weighted by molar-refractivity contribution is 4.86. The zero-order valence-electron chi connectivity index (χ0n) is 9.84. The quantitative estimate of drug-likeness (QED) is 0.561. The fraction of sp³-hybridized carbons (Fsp3) is 1.00. The second kappa shape index (κ2) is 6.46. The van der Waals surface area contributed by atoms with Crippen LogP contribution < -0.4 is 5.32 Å². The van der Waals surface area contributed by atoms with E-state index in [1.807, 2.05) is 0 Å². The molecule has 1 aliphatic carbocycles. The SMILES string of the molecule is CC(CO)CCCNCC1(O)CCCC1. The van der Waals surface area contributed by atoms with Gasteiger partial charge in [-0.05, 0) is 38.1 Å². The fourth-order valence-corrected chi connectivity index (χ4v) is 2.20. The van der Waals surface area contributed by atoms with Crippen molar-refractivity contribution >= 4 is 0 Å². The van der Waals surface area contributed by atoms with Gasteiger partial charge in [0.15, 0.2) is 0 Å². The van der Waals surface area contributed by atoms with Crippen molar-refractivity contribution in [3.05, 3.63) is 0 Å². The molecule has 1 fully saturated rings. The smallest absolute Gasteiger partial charge is 0.0771 e. The summed E-state index contributed by atoms with van der Waals surface area (Å²) in [6.07, 6.45) is 6.37. The predicted octanol–water partition coefficient (Wildman–Crippen LogP) is 1.29. The lowest BCUT2D eigenvalue weighted by molar-refractivity contribution is 0.0477. The van der Waals surface area contributed by atoms with Crippen molar-refractivity contribution in [3.63, 3.8) is 0 Å². The summed E-state index contributed by atoms with van der Waals surface area (Å²) >= 11 is 0. The van der Waals surface area contributed by atoms with Crippen molar-refractivity contribution in [3.8, 4) is 0 Å². The first-order valence-corrected chi connectivity index (χ1v) is 6.20. The van der Waals surface area contributed by atoms with Crippen LogP contribution in [0.1, 0.15) is 45.4 Å². The topological polar surface area (TPSA) is 52.5 Å². The molecule has 0 bridgehead atoms. The van der Waals surface area contributed by atoms with Gasteiger partial charge in [-0.1, -0.05) is 19.8 Å². The van der Waals surface area contributed by atoms with Crippen LogP contribution in [0.3, 0.4) is 0 Å². The van der Waals surface area contributed by atoms with Crippen LogP contribution in [0.5, 0.6) is 0 Å². The summed E-state index contributed by atoms with van der Waals surface area (Å²) < 4.78 is 0. The van der Waals surface area contributed by atoms with Gasteiger partial charge < -0.3 is 15.5 Å². The molecule has 3 N–H and O–H groups in total. The third kappa shape index (κ3) is 4.96. The van der Waals surface area contributed by atoms with E-state index in [-0.39, 0.29) is 6.61 Å². The van der Waals surface area contributed by atoms with Gasteiger partial charge in [0.1, 0.15) is 0 Å². The minimum absolute atomic E-state index is 0.282. The van der Waals surface area contributed by atoms with Crippen molar-refractivity contribution in [1.82, 2.24) is 5.32 Å². The van der Waals surface area contributed by atoms with Gasteiger partial charge in [-0.2, -0.15) is 0 Å². The number of hydrogen-bond donors (Lipinski definition) is 3. The Morgan fingerprint density at radius 3 is 2.60 bits per heavy atom. The molecule has 1 rings (SSSR count). The maximum Gasteiger partial charge on any atom is 0.0771 e. The summed E-state index contributed by atoms with van der Waals surface area (Å²) in [5, 5.41) is 22.2. The lowest BCUT2D eigenvalue weighted by Crippen LogP contribution is -2.38. The summed E-state index contributed by atoms with van der Waals surface area (Å²) in [5.74, 6) is 0.404. The lowest BCUT2D eigenvalue weighted by Gasteiger charge is -2.22. The first-order chi connectivity index (χ1) is 7.16. The lowest BCUT2D eigenvalue weighted by atomic mass is 10.0. The van der Waals surface area contributed by atoms with E-state index >= 15 is 0 Å². The molecule has 1 aliphatic rings. The first kappa shape index (κ1) is 12.9. The Morgan fingerprint density at radius 2 is 2.00 bits per heavy atom. The highest BCUT2D eigenvalue weighted by atomic mass is 16.3. The molecule has 0 radical (unpaired) electrons. The second-order valence-corrected chi connectivity index (χ2v) is 5.04. The normalized spacial score (nSPS) is 21.8. The Morgan fingerprint density at radius 1 is 1.33 bits per heavy atom. The monoisotopic (exact) mass is 215 g/mol. The zero-order chi connectivity index (χ0) is 11.1. The van der Waals surface area contributed by atoms with Gasteiger partial charge >= 0.3 is 0 Å². The molecule has 0 aromatic rings. The molecule has 1 saturated carbocycles. The Kier molecular flexibility index (Phi) is 5.58. The minimum atomic E-state index is -0.428. The maximum absolute atomic E-state index is 10.0. The van der Waals surface area contributed by atoms with Crippen LogP contribution in [0.25, 0.3) is 0 Å². The average Bonchev–Trinajstić information content (AvgIpc) is 2.64. The Labute approximate surface area is 92.9 Å². The first-order valence-electron chi connectivity index (χ1n) is 6.20. The van der Waals surface area contributed by atoms with Crippen LogP contribution in [0.4, 0.5) is 0 Å². The Bertz CT molecular complexity index is 167. The molecule has 1 atom stereocenters. The van der Waals surface area contributed by atoms with E-state index in [0.717, 1.165) is 38.8 Å². The van der Waals surface area contributed by atoms with Gasteiger partial charge in [-0.3, -0.25) is 0 Å². The highest BCUT2D eigenvalue weighted by Gasteiger charge is 2.30. The highest BCUT2D eigenvalue weighted by Crippen LogP contribution is 2.28. The molecule has 0 spiro atoms. The van der Waals surface area contributed by atoms with Crippen molar-refractivity contribution in [2.24, 2.45) is 5.92 Å². The summed E-state index contributed by atoms with van der Waals surface area (Å²) in [6, 6.07) is 0. The molecular formula is C12H25NO2. The van der Waals surface area contributed by atoms with Gasteiger partial charge in [0, 0.05) is 13.2 Å². The summed E-state index contributed by atoms with van der Waals surface area (Å²) in [6.45, 7) is 4.03. The molecule has 0 aliphatic heterocycles. The third-order valence-electron chi connectivity index (χ3n) is 3.35. The Hall–Kier alpha value is -0.120. The van der Waals surface area contributed by atoms with E-state index in [9.17, 15) is 5.11 Å². The molecule has 0 heterocycles. The van der Waals surface area contributed by atoms with E-state index in [1.54, 1.807) is 0 Å². The number of nitrogens with one attached hydrogen (secondary N) is 1. The van der Waals surface area contributed by atoms with Gasteiger partial charge in [0.2, 0.25) is 0 Å². The number of aliphatic hydroxyl groups excluding tert-OH is 1. The summed E-state index contributed by atoms with van der Waals surface area (Å²) in [5.41, 5.74) is -0.428. The third-order valence-corrected chi connectivity index (χ3v) is 3.35. The molecule has 0 saturated heterocycles. The van der Waals surface area contributed by atoms with Crippen molar-refractivity contribution in [1.29, 1.82) is 0 Å². The summed E-state index contributed by atoms with van der Waals surface area (Å²) in [7, 11) is 0. The molecule has 0 aromatic carbocycles. The van der Waals surface area contributed by atoms with Crippen LogP contribution in [-0.4, -0.2) is 35.5 Å². The van der Waals surface area contributed by atoms with E-state index in [4.69, 9.17) is 5.11 Å². The van der Waals surface area contributed by atoms with E-state index in [0.29, 0.717) is 5.92 Å². The fourth-order valence-electron chi connectivity index (χ4n) is 2.20. The van der Waals surface area contributed by atoms with Crippen LogP contribution in [0.2, 0.25) is 0 Å². The number of aliphatic hydroxyl groups is 2. The molecule has 90 valence electrons. The van der Waals surface area contributed by atoms with E-state index < -0.39 is 5.60 Å². The van der Waals surface area contributed by atoms with Crippen LogP contribution in [0.15, 0.2) is 0 Å². The van der Waals surface area contributed by atoms with Crippen molar-refractivity contribution in [2.45, 2.75) is 51.0 Å². The second-order valence-electron chi connectivity index (χ2n) is 5.04. The van der Waals surface area contributed by atoms with Crippen LogP contribution in [-0.2, 0) is 0 Å². The maximum atomic E-state index is 10.0. The zero-order valence-corrected chi connectivity index (χ0v) is 9.84. The predicted molar refractivity (Wildman–Crippen MR) is 61.8 cm³/mol. The molecule has 3 heteroatoms. The molecular weight excluding hydrogens is 190 g/mol. The molecule has 0 aromatic heterocycles. The molecule has 3 nitrogen and oxygen atoms in total. The van der Waals surface area contributed by atoms with Crippen molar-refractivity contribution < 1.29 is 10.2 Å².